The second-order valence-electron chi connectivity index (χ2n) is 4.34. The van der Waals surface area contributed by atoms with Crippen molar-refractivity contribution in [2.24, 2.45) is 0 Å². The highest BCUT2D eigenvalue weighted by Crippen LogP contribution is 2.29. The Morgan fingerprint density at radius 2 is 2.00 bits per heavy atom. The molecule has 0 amide bonds. The molecule has 3 rings (SSSR count). The summed E-state index contributed by atoms with van der Waals surface area (Å²) in [6.07, 6.45) is 1.77. The van der Waals surface area contributed by atoms with E-state index in [1.54, 1.807) is 6.20 Å². The third-order valence-corrected chi connectivity index (χ3v) is 4.32. The molecule has 3 aromatic rings. The van der Waals surface area contributed by atoms with Gasteiger partial charge in [-0.3, -0.25) is 4.98 Å². The van der Waals surface area contributed by atoms with Crippen LogP contribution in [0.2, 0.25) is 4.34 Å². The summed E-state index contributed by atoms with van der Waals surface area (Å²) >= 11 is 7.42. The molecule has 0 saturated heterocycles. The molecule has 4 heteroatoms. The van der Waals surface area contributed by atoms with E-state index in [2.05, 4.69) is 4.98 Å². The van der Waals surface area contributed by atoms with Crippen LogP contribution in [0.1, 0.15) is 16.5 Å². The maximum atomic E-state index is 10.4. The molecule has 19 heavy (non-hydrogen) atoms. The lowest BCUT2D eigenvalue weighted by Crippen LogP contribution is -2.01. The van der Waals surface area contributed by atoms with Crippen molar-refractivity contribution in [2.75, 3.05) is 0 Å². The predicted molar refractivity (Wildman–Crippen MR) is 79.7 cm³/mol. The molecule has 0 bridgehead atoms. The summed E-state index contributed by atoms with van der Waals surface area (Å²) in [5.74, 6) is 0. The number of halogens is 1. The average molecular weight is 290 g/mol. The molecule has 0 aliphatic rings. The molecule has 1 N–H and O–H groups in total. The lowest BCUT2D eigenvalue weighted by molar-refractivity contribution is 0.181. The molecule has 96 valence electrons. The van der Waals surface area contributed by atoms with Crippen molar-refractivity contribution >= 4 is 33.8 Å². The molecule has 0 fully saturated rings. The van der Waals surface area contributed by atoms with Crippen LogP contribution in [0.15, 0.2) is 48.7 Å². The smallest absolute Gasteiger partial charge is 0.0931 e. The molecular weight excluding hydrogens is 278 g/mol. The first-order chi connectivity index (χ1) is 9.24. The minimum atomic E-state index is -0.539. The number of aliphatic hydroxyl groups is 1. The van der Waals surface area contributed by atoms with Gasteiger partial charge in [-0.25, -0.2) is 0 Å². The number of benzene rings is 1. The first-order valence-electron chi connectivity index (χ1n) is 6.00. The Hall–Kier alpha value is -1.42. The number of pyridine rings is 1. The Morgan fingerprint density at radius 1 is 1.16 bits per heavy atom. The topological polar surface area (TPSA) is 33.1 Å². The lowest BCUT2D eigenvalue weighted by atomic mass is 10.0. The fourth-order valence-electron chi connectivity index (χ4n) is 2.17. The molecule has 0 aliphatic heterocycles. The number of thiophene rings is 1. The maximum Gasteiger partial charge on any atom is 0.0931 e. The molecule has 0 aliphatic carbocycles. The number of para-hydroxylation sites is 1. The van der Waals surface area contributed by atoms with E-state index >= 15 is 0 Å². The van der Waals surface area contributed by atoms with Gasteiger partial charge in [0, 0.05) is 22.9 Å². The molecule has 0 saturated carbocycles. The highest BCUT2D eigenvalue weighted by Gasteiger charge is 2.13. The first-order valence-corrected chi connectivity index (χ1v) is 7.19. The van der Waals surface area contributed by atoms with Gasteiger partial charge in [-0.2, -0.15) is 0 Å². The standard InChI is InChI=1S/C15H12ClNOS/c16-15-6-5-10(19-15)9-14(18)12-7-8-17-13-4-2-1-3-11(12)13/h1-8,14,18H,9H2. The van der Waals surface area contributed by atoms with Gasteiger partial charge in [0.25, 0.3) is 0 Å². The second-order valence-corrected chi connectivity index (χ2v) is 6.14. The van der Waals surface area contributed by atoms with Gasteiger partial charge in [0.1, 0.15) is 0 Å². The maximum absolute atomic E-state index is 10.4. The fourth-order valence-corrected chi connectivity index (χ4v) is 3.29. The van der Waals surface area contributed by atoms with Gasteiger partial charge in [-0.15, -0.1) is 11.3 Å². The summed E-state index contributed by atoms with van der Waals surface area (Å²) in [7, 11) is 0. The van der Waals surface area contributed by atoms with Crippen molar-refractivity contribution in [1.29, 1.82) is 0 Å². The van der Waals surface area contributed by atoms with Crippen LogP contribution in [0.25, 0.3) is 10.9 Å². The minimum absolute atomic E-state index is 0.539. The van der Waals surface area contributed by atoms with Crippen LogP contribution in [0.4, 0.5) is 0 Å². The quantitative estimate of drug-likeness (QED) is 0.783. The lowest BCUT2D eigenvalue weighted by Gasteiger charge is -2.12. The van der Waals surface area contributed by atoms with Crippen molar-refractivity contribution in [2.45, 2.75) is 12.5 Å². The molecular formula is C15H12ClNOS. The van der Waals surface area contributed by atoms with Crippen LogP contribution in [-0.4, -0.2) is 10.1 Å². The SMILES string of the molecule is OC(Cc1ccc(Cl)s1)c1ccnc2ccccc12. The number of aliphatic hydroxyl groups excluding tert-OH is 1. The Bertz CT molecular complexity index is 705. The van der Waals surface area contributed by atoms with Crippen LogP contribution in [0, 0.1) is 0 Å². The van der Waals surface area contributed by atoms with Gasteiger partial charge < -0.3 is 5.11 Å². The van der Waals surface area contributed by atoms with E-state index in [4.69, 9.17) is 11.6 Å². The summed E-state index contributed by atoms with van der Waals surface area (Å²) in [5, 5.41) is 11.4. The van der Waals surface area contributed by atoms with Crippen LogP contribution >= 0.6 is 22.9 Å². The minimum Gasteiger partial charge on any atom is -0.388 e. The Morgan fingerprint density at radius 3 is 2.79 bits per heavy atom. The monoisotopic (exact) mass is 289 g/mol. The zero-order chi connectivity index (χ0) is 13.2. The summed E-state index contributed by atoms with van der Waals surface area (Å²) in [5.41, 5.74) is 1.82. The Kier molecular flexibility index (Phi) is 3.51. The highest BCUT2D eigenvalue weighted by molar-refractivity contribution is 7.16. The number of nitrogens with zero attached hydrogens (tertiary/aromatic N) is 1. The summed E-state index contributed by atoms with van der Waals surface area (Å²) < 4.78 is 0.752. The predicted octanol–water partition coefficient (Wildman–Crippen LogP) is 4.23. The van der Waals surface area contributed by atoms with Gasteiger partial charge in [0.2, 0.25) is 0 Å². The van der Waals surface area contributed by atoms with E-state index in [0.29, 0.717) is 6.42 Å². The highest BCUT2D eigenvalue weighted by atomic mass is 35.5. The summed E-state index contributed by atoms with van der Waals surface area (Å²) in [4.78, 5) is 5.39. The van der Waals surface area contributed by atoms with Gasteiger partial charge in [0.05, 0.1) is 16.0 Å². The van der Waals surface area contributed by atoms with E-state index in [1.165, 1.54) is 11.3 Å². The molecule has 2 heterocycles. The normalized spacial score (nSPS) is 12.7. The Labute approximate surface area is 120 Å². The molecule has 2 aromatic heterocycles. The third-order valence-electron chi connectivity index (χ3n) is 3.07. The van der Waals surface area contributed by atoms with Crippen molar-refractivity contribution in [3.05, 3.63) is 63.4 Å². The largest absolute Gasteiger partial charge is 0.388 e. The van der Waals surface area contributed by atoms with Crippen molar-refractivity contribution in [3.63, 3.8) is 0 Å². The van der Waals surface area contributed by atoms with Gasteiger partial charge in [-0.1, -0.05) is 29.8 Å². The molecule has 1 aromatic carbocycles. The second kappa shape index (κ2) is 5.29. The van der Waals surface area contributed by atoms with Crippen LogP contribution in [0.3, 0.4) is 0 Å². The van der Waals surface area contributed by atoms with E-state index in [0.717, 1.165) is 25.7 Å². The number of hydrogen-bond donors (Lipinski definition) is 1. The first kappa shape index (κ1) is 12.6. The van der Waals surface area contributed by atoms with E-state index < -0.39 is 6.10 Å². The van der Waals surface area contributed by atoms with Crippen molar-refractivity contribution in [3.8, 4) is 0 Å². The zero-order valence-electron chi connectivity index (χ0n) is 10.1. The summed E-state index contributed by atoms with van der Waals surface area (Å²) in [6, 6.07) is 13.5. The molecule has 0 spiro atoms. The van der Waals surface area contributed by atoms with Crippen LogP contribution in [0.5, 0.6) is 0 Å². The van der Waals surface area contributed by atoms with Crippen LogP contribution in [-0.2, 0) is 6.42 Å². The number of hydrogen-bond acceptors (Lipinski definition) is 3. The molecule has 2 nitrogen and oxygen atoms in total. The number of rotatable bonds is 3. The third kappa shape index (κ3) is 2.63. The van der Waals surface area contributed by atoms with Gasteiger partial charge in [-0.05, 0) is 29.8 Å². The zero-order valence-corrected chi connectivity index (χ0v) is 11.7. The van der Waals surface area contributed by atoms with Crippen molar-refractivity contribution in [1.82, 2.24) is 4.98 Å². The average Bonchev–Trinajstić information content (AvgIpc) is 2.83. The molecule has 1 atom stereocenters. The van der Waals surface area contributed by atoms with Gasteiger partial charge >= 0.3 is 0 Å². The van der Waals surface area contributed by atoms with E-state index in [1.807, 2.05) is 42.5 Å². The van der Waals surface area contributed by atoms with Crippen LogP contribution < -0.4 is 0 Å². The Balaban J connectivity index is 1.95. The van der Waals surface area contributed by atoms with Gasteiger partial charge in [0.15, 0.2) is 0 Å². The van der Waals surface area contributed by atoms with E-state index in [-0.39, 0.29) is 0 Å². The molecule has 0 radical (unpaired) electrons. The van der Waals surface area contributed by atoms with E-state index in [9.17, 15) is 5.11 Å². The number of aromatic nitrogens is 1. The van der Waals surface area contributed by atoms with Crippen molar-refractivity contribution < 1.29 is 5.11 Å². The summed E-state index contributed by atoms with van der Waals surface area (Å²) in [6.45, 7) is 0. The fraction of sp³-hybridized carbons (Fsp3) is 0.133. The molecule has 1 unspecified atom stereocenters. The number of fused-ring (bicyclic) bond motifs is 1.